The van der Waals surface area contributed by atoms with Crippen LogP contribution in [0.15, 0.2) is 48.5 Å². The van der Waals surface area contributed by atoms with E-state index >= 15 is 0 Å². The van der Waals surface area contributed by atoms with Gasteiger partial charge in [0.15, 0.2) is 11.5 Å². The largest absolute Gasteiger partial charge is 0.454 e. The molecular formula is C18H17NO4. The third-order valence-electron chi connectivity index (χ3n) is 4.14. The minimum absolute atomic E-state index is 0.00692. The second-order valence-corrected chi connectivity index (χ2v) is 5.59. The molecule has 0 spiro atoms. The molecule has 5 heteroatoms. The van der Waals surface area contributed by atoms with E-state index < -0.39 is 0 Å². The van der Waals surface area contributed by atoms with Crippen molar-refractivity contribution in [3.8, 4) is 11.5 Å². The smallest absolute Gasteiger partial charge is 0.254 e. The van der Waals surface area contributed by atoms with E-state index in [0.717, 1.165) is 5.56 Å². The molecular weight excluding hydrogens is 294 g/mol. The van der Waals surface area contributed by atoms with E-state index in [9.17, 15) is 4.79 Å². The number of hydrogen-bond acceptors (Lipinski definition) is 4. The van der Waals surface area contributed by atoms with Crippen molar-refractivity contribution < 1.29 is 19.0 Å². The number of ether oxygens (including phenoxy) is 3. The minimum Gasteiger partial charge on any atom is -0.454 e. The number of amides is 1. The molecule has 0 saturated carbocycles. The van der Waals surface area contributed by atoms with Gasteiger partial charge in [-0.15, -0.1) is 0 Å². The number of fused-ring (bicyclic) bond motifs is 1. The Morgan fingerprint density at radius 1 is 1.04 bits per heavy atom. The quantitative estimate of drug-likeness (QED) is 0.855. The lowest BCUT2D eigenvalue weighted by atomic mass is 10.1. The number of benzene rings is 2. The van der Waals surface area contributed by atoms with E-state index in [1.807, 2.05) is 35.2 Å². The van der Waals surface area contributed by atoms with Gasteiger partial charge in [0.05, 0.1) is 13.2 Å². The molecule has 0 unspecified atom stereocenters. The molecule has 0 radical (unpaired) electrons. The Kier molecular flexibility index (Phi) is 3.63. The predicted octanol–water partition coefficient (Wildman–Crippen LogP) is 2.63. The van der Waals surface area contributed by atoms with E-state index in [-0.39, 0.29) is 18.8 Å². The van der Waals surface area contributed by atoms with Gasteiger partial charge in [-0.2, -0.15) is 0 Å². The first-order valence-electron chi connectivity index (χ1n) is 7.67. The van der Waals surface area contributed by atoms with Crippen LogP contribution < -0.4 is 9.47 Å². The van der Waals surface area contributed by atoms with Gasteiger partial charge in [-0.25, -0.2) is 0 Å². The van der Waals surface area contributed by atoms with Crippen LogP contribution >= 0.6 is 0 Å². The van der Waals surface area contributed by atoms with Gasteiger partial charge in [0.2, 0.25) is 6.79 Å². The molecule has 0 aromatic heterocycles. The topological polar surface area (TPSA) is 48.0 Å². The molecule has 1 fully saturated rings. The van der Waals surface area contributed by atoms with Gasteiger partial charge in [0, 0.05) is 12.1 Å². The first kappa shape index (κ1) is 14.1. The summed E-state index contributed by atoms with van der Waals surface area (Å²) in [5.74, 6) is 1.31. The number of morpholine rings is 1. The van der Waals surface area contributed by atoms with Gasteiger partial charge in [0.1, 0.15) is 6.10 Å². The van der Waals surface area contributed by atoms with E-state index in [1.54, 1.807) is 18.2 Å². The molecule has 1 saturated heterocycles. The lowest BCUT2D eigenvalue weighted by Crippen LogP contribution is -2.42. The van der Waals surface area contributed by atoms with Crippen LogP contribution in [-0.4, -0.2) is 37.3 Å². The van der Waals surface area contributed by atoms with Crippen molar-refractivity contribution in [3.05, 3.63) is 59.7 Å². The summed E-state index contributed by atoms with van der Waals surface area (Å²) < 4.78 is 16.5. The normalized spacial score (nSPS) is 19.7. The zero-order chi connectivity index (χ0) is 15.6. The van der Waals surface area contributed by atoms with Gasteiger partial charge in [-0.1, -0.05) is 30.3 Å². The summed E-state index contributed by atoms with van der Waals surface area (Å²) in [4.78, 5) is 14.6. The van der Waals surface area contributed by atoms with Crippen LogP contribution in [0.4, 0.5) is 0 Å². The molecule has 4 rings (SSSR count). The third kappa shape index (κ3) is 2.75. The molecule has 2 aliphatic rings. The summed E-state index contributed by atoms with van der Waals surface area (Å²) >= 11 is 0. The highest BCUT2D eigenvalue weighted by atomic mass is 16.7. The lowest BCUT2D eigenvalue weighted by Gasteiger charge is -2.33. The van der Waals surface area contributed by atoms with Crippen molar-refractivity contribution in [2.45, 2.75) is 6.10 Å². The van der Waals surface area contributed by atoms with E-state index in [1.165, 1.54) is 0 Å². The van der Waals surface area contributed by atoms with Crippen LogP contribution in [-0.2, 0) is 4.74 Å². The van der Waals surface area contributed by atoms with Gasteiger partial charge in [0.25, 0.3) is 5.91 Å². The Hall–Kier alpha value is -2.53. The molecule has 2 heterocycles. The fourth-order valence-corrected chi connectivity index (χ4v) is 2.92. The van der Waals surface area contributed by atoms with Gasteiger partial charge in [-0.3, -0.25) is 4.79 Å². The third-order valence-corrected chi connectivity index (χ3v) is 4.14. The highest BCUT2D eigenvalue weighted by Gasteiger charge is 2.27. The monoisotopic (exact) mass is 311 g/mol. The van der Waals surface area contributed by atoms with Crippen LogP contribution in [0.25, 0.3) is 0 Å². The fourth-order valence-electron chi connectivity index (χ4n) is 2.92. The zero-order valence-electron chi connectivity index (χ0n) is 12.6. The van der Waals surface area contributed by atoms with Crippen molar-refractivity contribution in [2.24, 2.45) is 0 Å². The Morgan fingerprint density at radius 3 is 2.74 bits per heavy atom. The summed E-state index contributed by atoms with van der Waals surface area (Å²) in [6, 6.07) is 15.3. The summed E-state index contributed by atoms with van der Waals surface area (Å²) in [5, 5.41) is 0. The van der Waals surface area contributed by atoms with Crippen LogP contribution in [0.1, 0.15) is 22.0 Å². The van der Waals surface area contributed by atoms with Crippen molar-refractivity contribution in [1.82, 2.24) is 4.90 Å². The summed E-state index contributed by atoms with van der Waals surface area (Å²) in [7, 11) is 0. The summed E-state index contributed by atoms with van der Waals surface area (Å²) in [6.07, 6.45) is -0.0806. The molecule has 2 aromatic carbocycles. The fraction of sp³-hybridized carbons (Fsp3) is 0.278. The van der Waals surface area contributed by atoms with E-state index in [4.69, 9.17) is 14.2 Å². The lowest BCUT2D eigenvalue weighted by molar-refractivity contribution is -0.0228. The van der Waals surface area contributed by atoms with Crippen LogP contribution in [0.2, 0.25) is 0 Å². The molecule has 1 amide bonds. The molecule has 23 heavy (non-hydrogen) atoms. The van der Waals surface area contributed by atoms with Crippen LogP contribution in [0, 0.1) is 0 Å². The Labute approximate surface area is 134 Å². The highest BCUT2D eigenvalue weighted by Crippen LogP contribution is 2.33. The van der Waals surface area contributed by atoms with Crippen molar-refractivity contribution in [1.29, 1.82) is 0 Å². The number of carbonyl (C=O) groups excluding carboxylic acids is 1. The van der Waals surface area contributed by atoms with E-state index in [0.29, 0.717) is 36.8 Å². The Morgan fingerprint density at radius 2 is 1.87 bits per heavy atom. The molecule has 0 aliphatic carbocycles. The summed E-state index contributed by atoms with van der Waals surface area (Å²) in [5.41, 5.74) is 1.71. The molecule has 0 N–H and O–H groups in total. The average Bonchev–Trinajstić information content (AvgIpc) is 3.09. The predicted molar refractivity (Wildman–Crippen MR) is 83.6 cm³/mol. The standard InChI is InChI=1S/C18H17NO4/c20-18(14-6-7-15-16(10-14)23-12-22-15)19-8-9-21-17(11-19)13-4-2-1-3-5-13/h1-7,10,17H,8-9,11-12H2/t17-/m0/s1. The number of rotatable bonds is 2. The maximum atomic E-state index is 12.8. The second-order valence-electron chi connectivity index (χ2n) is 5.59. The van der Waals surface area contributed by atoms with Crippen molar-refractivity contribution >= 4 is 5.91 Å². The maximum Gasteiger partial charge on any atom is 0.254 e. The number of nitrogens with zero attached hydrogens (tertiary/aromatic N) is 1. The summed E-state index contributed by atoms with van der Waals surface area (Å²) in [6.45, 7) is 1.89. The molecule has 118 valence electrons. The van der Waals surface area contributed by atoms with Crippen molar-refractivity contribution in [2.75, 3.05) is 26.5 Å². The van der Waals surface area contributed by atoms with Gasteiger partial charge < -0.3 is 19.1 Å². The second kappa shape index (κ2) is 5.93. The molecule has 5 nitrogen and oxygen atoms in total. The van der Waals surface area contributed by atoms with Crippen LogP contribution in [0.3, 0.4) is 0 Å². The van der Waals surface area contributed by atoms with Crippen LogP contribution in [0.5, 0.6) is 11.5 Å². The van der Waals surface area contributed by atoms with Crippen molar-refractivity contribution in [3.63, 3.8) is 0 Å². The number of hydrogen-bond donors (Lipinski definition) is 0. The first-order chi connectivity index (χ1) is 11.3. The molecule has 0 bridgehead atoms. The van der Waals surface area contributed by atoms with Gasteiger partial charge in [-0.05, 0) is 23.8 Å². The Balaban J connectivity index is 1.52. The number of carbonyl (C=O) groups is 1. The minimum atomic E-state index is -0.0806. The van der Waals surface area contributed by atoms with E-state index in [2.05, 4.69) is 0 Å². The SMILES string of the molecule is O=C(c1ccc2c(c1)OCO2)N1CCO[C@H](c2ccccc2)C1. The molecule has 2 aromatic rings. The van der Waals surface area contributed by atoms with Gasteiger partial charge >= 0.3 is 0 Å². The highest BCUT2D eigenvalue weighted by molar-refractivity contribution is 5.95. The molecule has 1 atom stereocenters. The molecule has 2 aliphatic heterocycles. The maximum absolute atomic E-state index is 12.8. The average molecular weight is 311 g/mol. The Bertz CT molecular complexity index is 716. The first-order valence-corrected chi connectivity index (χ1v) is 7.67. The zero-order valence-corrected chi connectivity index (χ0v) is 12.6.